The summed E-state index contributed by atoms with van der Waals surface area (Å²) < 4.78 is 0. The van der Waals surface area contributed by atoms with Gasteiger partial charge in [0.2, 0.25) is 0 Å². The number of nitrogens with one attached hydrogen (secondary N) is 1. The van der Waals surface area contributed by atoms with Gasteiger partial charge in [-0.3, -0.25) is 0 Å². The van der Waals surface area contributed by atoms with Crippen LogP contribution in [0.5, 0.6) is 0 Å². The second-order valence-corrected chi connectivity index (χ2v) is 5.79. The summed E-state index contributed by atoms with van der Waals surface area (Å²) in [5.41, 5.74) is 0. The third-order valence-corrected chi connectivity index (χ3v) is 4.02. The number of rotatable bonds is 6. The van der Waals surface area contributed by atoms with Crippen molar-refractivity contribution in [2.24, 2.45) is 5.92 Å². The summed E-state index contributed by atoms with van der Waals surface area (Å²) in [6, 6.07) is 4.54. The summed E-state index contributed by atoms with van der Waals surface area (Å²) in [6.45, 7) is 3.33. The molecule has 16 heavy (non-hydrogen) atoms. The first-order chi connectivity index (χ1) is 7.75. The number of thioether (sulfide) groups is 1. The molecule has 0 aliphatic heterocycles. The van der Waals surface area contributed by atoms with E-state index in [4.69, 9.17) is 11.6 Å². The molecule has 88 valence electrons. The van der Waals surface area contributed by atoms with Gasteiger partial charge < -0.3 is 5.32 Å². The van der Waals surface area contributed by atoms with Crippen molar-refractivity contribution in [2.45, 2.75) is 30.8 Å². The predicted octanol–water partition coefficient (Wildman–Crippen LogP) is 3.22. The largest absolute Gasteiger partial charge is 0.313 e. The molecule has 1 aliphatic rings. The SMILES string of the molecule is CC(NCCSc1ccc(Cl)cn1)C1CC1. The van der Waals surface area contributed by atoms with Gasteiger partial charge in [-0.2, -0.15) is 0 Å². The Bertz CT molecular complexity index is 324. The first kappa shape index (κ1) is 12.2. The Morgan fingerprint density at radius 1 is 1.56 bits per heavy atom. The van der Waals surface area contributed by atoms with E-state index >= 15 is 0 Å². The molecule has 1 atom stereocenters. The molecule has 1 aromatic heterocycles. The maximum Gasteiger partial charge on any atom is 0.0961 e. The molecular weight excluding hydrogens is 240 g/mol. The van der Waals surface area contributed by atoms with Gasteiger partial charge in [-0.25, -0.2) is 4.98 Å². The van der Waals surface area contributed by atoms with Crippen molar-refractivity contribution in [3.63, 3.8) is 0 Å². The van der Waals surface area contributed by atoms with Crippen molar-refractivity contribution >= 4 is 23.4 Å². The van der Waals surface area contributed by atoms with Crippen molar-refractivity contribution in [1.82, 2.24) is 10.3 Å². The van der Waals surface area contributed by atoms with Crippen LogP contribution in [0.1, 0.15) is 19.8 Å². The van der Waals surface area contributed by atoms with Crippen LogP contribution in [0.4, 0.5) is 0 Å². The molecule has 0 bridgehead atoms. The third-order valence-electron chi connectivity index (χ3n) is 2.85. The monoisotopic (exact) mass is 256 g/mol. The zero-order valence-electron chi connectivity index (χ0n) is 9.45. The van der Waals surface area contributed by atoms with E-state index in [0.29, 0.717) is 11.1 Å². The van der Waals surface area contributed by atoms with E-state index in [-0.39, 0.29) is 0 Å². The van der Waals surface area contributed by atoms with E-state index in [2.05, 4.69) is 17.2 Å². The molecule has 0 amide bonds. The normalized spacial score (nSPS) is 17.4. The van der Waals surface area contributed by atoms with Crippen molar-refractivity contribution in [2.75, 3.05) is 12.3 Å². The fourth-order valence-corrected chi connectivity index (χ4v) is 2.49. The Morgan fingerprint density at radius 3 is 3.00 bits per heavy atom. The quantitative estimate of drug-likeness (QED) is 0.625. The molecule has 1 unspecified atom stereocenters. The van der Waals surface area contributed by atoms with Gasteiger partial charge in [-0.15, -0.1) is 11.8 Å². The summed E-state index contributed by atoms with van der Waals surface area (Å²) >= 11 is 7.54. The molecule has 4 heteroatoms. The van der Waals surface area contributed by atoms with Gasteiger partial charge in [-0.05, 0) is 37.8 Å². The van der Waals surface area contributed by atoms with Crippen LogP contribution in [0.25, 0.3) is 0 Å². The van der Waals surface area contributed by atoms with Crippen molar-refractivity contribution < 1.29 is 0 Å². The molecule has 2 rings (SSSR count). The lowest BCUT2D eigenvalue weighted by Crippen LogP contribution is -2.29. The van der Waals surface area contributed by atoms with Gasteiger partial charge in [0, 0.05) is 24.5 Å². The minimum Gasteiger partial charge on any atom is -0.313 e. The summed E-state index contributed by atoms with van der Waals surface area (Å²) in [5, 5.41) is 5.30. The smallest absolute Gasteiger partial charge is 0.0961 e. The van der Waals surface area contributed by atoms with Gasteiger partial charge in [0.25, 0.3) is 0 Å². The minimum absolute atomic E-state index is 0.679. The molecule has 1 saturated carbocycles. The second kappa shape index (κ2) is 5.89. The highest BCUT2D eigenvalue weighted by molar-refractivity contribution is 7.99. The van der Waals surface area contributed by atoms with Crippen LogP contribution < -0.4 is 5.32 Å². The van der Waals surface area contributed by atoms with E-state index in [1.165, 1.54) is 12.8 Å². The van der Waals surface area contributed by atoms with Crippen LogP contribution in [0, 0.1) is 5.92 Å². The van der Waals surface area contributed by atoms with E-state index in [1.54, 1.807) is 18.0 Å². The number of aromatic nitrogens is 1. The maximum atomic E-state index is 5.77. The van der Waals surface area contributed by atoms with Gasteiger partial charge in [0.1, 0.15) is 0 Å². The predicted molar refractivity (Wildman–Crippen MR) is 70.2 cm³/mol. The summed E-state index contributed by atoms with van der Waals surface area (Å²) in [7, 11) is 0. The molecule has 1 fully saturated rings. The maximum absolute atomic E-state index is 5.77. The standard InChI is InChI=1S/C12H17ClN2S/c1-9(10-2-3-10)14-6-7-16-12-5-4-11(13)8-15-12/h4-5,8-10,14H,2-3,6-7H2,1H3. The Kier molecular flexibility index (Phi) is 4.50. The molecule has 2 nitrogen and oxygen atoms in total. The van der Waals surface area contributed by atoms with Gasteiger partial charge in [0.15, 0.2) is 0 Å². The average Bonchev–Trinajstić information content (AvgIpc) is 3.10. The number of hydrogen-bond acceptors (Lipinski definition) is 3. The number of halogens is 1. The minimum atomic E-state index is 0.679. The van der Waals surface area contributed by atoms with Crippen molar-refractivity contribution in [3.8, 4) is 0 Å². The Hall–Kier alpha value is -0.250. The third kappa shape index (κ3) is 3.96. The van der Waals surface area contributed by atoms with E-state index < -0.39 is 0 Å². The first-order valence-electron chi connectivity index (χ1n) is 5.73. The number of nitrogens with zero attached hydrogens (tertiary/aromatic N) is 1. The van der Waals surface area contributed by atoms with Crippen LogP contribution in [0.15, 0.2) is 23.4 Å². The second-order valence-electron chi connectivity index (χ2n) is 4.24. The molecular formula is C12H17ClN2S. The number of hydrogen-bond donors (Lipinski definition) is 1. The molecule has 1 N–H and O–H groups in total. The molecule has 0 spiro atoms. The molecule has 0 saturated heterocycles. The highest BCUT2D eigenvalue weighted by Gasteiger charge is 2.27. The highest BCUT2D eigenvalue weighted by atomic mass is 35.5. The van der Waals surface area contributed by atoms with Crippen LogP contribution in [-0.2, 0) is 0 Å². The molecule has 1 heterocycles. The molecule has 1 aliphatic carbocycles. The fraction of sp³-hybridized carbons (Fsp3) is 0.583. The van der Waals surface area contributed by atoms with Crippen LogP contribution in [0.2, 0.25) is 5.02 Å². The van der Waals surface area contributed by atoms with E-state index in [9.17, 15) is 0 Å². The lowest BCUT2D eigenvalue weighted by atomic mass is 10.2. The Labute approximate surface area is 106 Å². The van der Waals surface area contributed by atoms with Crippen LogP contribution in [0.3, 0.4) is 0 Å². The zero-order valence-corrected chi connectivity index (χ0v) is 11.0. The van der Waals surface area contributed by atoms with Crippen molar-refractivity contribution in [3.05, 3.63) is 23.4 Å². The number of pyridine rings is 1. The van der Waals surface area contributed by atoms with Gasteiger partial charge in [0.05, 0.1) is 10.0 Å². The first-order valence-corrected chi connectivity index (χ1v) is 7.10. The van der Waals surface area contributed by atoms with Gasteiger partial charge in [-0.1, -0.05) is 11.6 Å². The molecule has 1 aromatic rings. The molecule has 0 aromatic carbocycles. The lowest BCUT2D eigenvalue weighted by Gasteiger charge is -2.11. The Balaban J connectivity index is 1.62. The summed E-state index contributed by atoms with van der Waals surface area (Å²) in [6.07, 6.45) is 4.50. The summed E-state index contributed by atoms with van der Waals surface area (Å²) in [4.78, 5) is 4.25. The summed E-state index contributed by atoms with van der Waals surface area (Å²) in [5.74, 6) is 1.99. The van der Waals surface area contributed by atoms with E-state index in [1.807, 2.05) is 12.1 Å². The lowest BCUT2D eigenvalue weighted by molar-refractivity contribution is 0.514. The van der Waals surface area contributed by atoms with Crippen LogP contribution in [-0.4, -0.2) is 23.3 Å². The van der Waals surface area contributed by atoms with E-state index in [0.717, 1.165) is 23.2 Å². The van der Waals surface area contributed by atoms with Crippen molar-refractivity contribution in [1.29, 1.82) is 0 Å². The molecule has 0 radical (unpaired) electrons. The highest BCUT2D eigenvalue weighted by Crippen LogP contribution is 2.32. The topological polar surface area (TPSA) is 24.9 Å². The van der Waals surface area contributed by atoms with Crippen LogP contribution >= 0.6 is 23.4 Å². The fourth-order valence-electron chi connectivity index (χ4n) is 1.65. The Morgan fingerprint density at radius 2 is 2.38 bits per heavy atom. The average molecular weight is 257 g/mol. The zero-order chi connectivity index (χ0) is 11.4. The van der Waals surface area contributed by atoms with Gasteiger partial charge >= 0.3 is 0 Å².